The maximum atomic E-state index is 12.2. The van der Waals surface area contributed by atoms with Crippen LogP contribution in [0.4, 0.5) is 5.69 Å². The molecule has 0 spiro atoms. The molecule has 0 aliphatic heterocycles. The van der Waals surface area contributed by atoms with E-state index in [2.05, 4.69) is 17.2 Å². The zero-order valence-corrected chi connectivity index (χ0v) is 12.1. The molecule has 1 amide bonds. The van der Waals surface area contributed by atoms with Crippen molar-refractivity contribution >= 4 is 34.5 Å². The van der Waals surface area contributed by atoms with Gasteiger partial charge in [0.25, 0.3) is 5.91 Å². The molecule has 102 valence electrons. The predicted molar refractivity (Wildman–Crippen MR) is 82.3 cm³/mol. The molecule has 0 atom stereocenters. The van der Waals surface area contributed by atoms with Crippen LogP contribution in [0.3, 0.4) is 0 Å². The van der Waals surface area contributed by atoms with Crippen molar-refractivity contribution in [3.63, 3.8) is 0 Å². The smallest absolute Gasteiger partial charge is 0.267 e. The summed E-state index contributed by atoms with van der Waals surface area (Å²) in [6.45, 7) is 0.0122. The summed E-state index contributed by atoms with van der Waals surface area (Å²) in [5.74, 6) is 5.46. The van der Waals surface area contributed by atoms with Crippen LogP contribution in [0.25, 0.3) is 0 Å². The van der Waals surface area contributed by atoms with E-state index >= 15 is 0 Å². The Morgan fingerprint density at radius 3 is 2.90 bits per heavy atom. The quantitative estimate of drug-likeness (QED) is 0.854. The van der Waals surface area contributed by atoms with Crippen LogP contribution in [-0.2, 0) is 0 Å². The highest BCUT2D eigenvalue weighted by Crippen LogP contribution is 2.23. The van der Waals surface area contributed by atoms with E-state index < -0.39 is 0 Å². The zero-order valence-electron chi connectivity index (χ0n) is 10.5. The number of anilines is 1. The first-order chi connectivity index (χ1) is 9.72. The number of carbonyl (C=O) groups is 1. The van der Waals surface area contributed by atoms with Gasteiger partial charge in [0.15, 0.2) is 0 Å². The molecule has 0 radical (unpaired) electrons. The van der Waals surface area contributed by atoms with E-state index in [0.29, 0.717) is 27.6 Å². The van der Waals surface area contributed by atoms with Gasteiger partial charge in [-0.2, -0.15) is 0 Å². The summed E-state index contributed by atoms with van der Waals surface area (Å²) in [6, 6.07) is 8.85. The molecule has 0 saturated carbocycles. The molecule has 1 heterocycles. The Kier molecular flexibility index (Phi) is 5.19. The topological polar surface area (TPSA) is 49.3 Å². The Balaban J connectivity index is 2.17. The molecule has 2 N–H and O–H groups in total. The number of hydrogen-bond acceptors (Lipinski definition) is 3. The Labute approximate surface area is 126 Å². The molecule has 2 rings (SSSR count). The van der Waals surface area contributed by atoms with E-state index in [1.165, 1.54) is 11.3 Å². The van der Waals surface area contributed by atoms with Crippen LogP contribution in [0.1, 0.15) is 21.7 Å². The zero-order chi connectivity index (χ0) is 14.4. The normalized spacial score (nSPS) is 9.70. The average molecular weight is 306 g/mol. The third-order valence-electron chi connectivity index (χ3n) is 2.45. The first kappa shape index (κ1) is 14.6. The third-order valence-corrected chi connectivity index (χ3v) is 3.70. The Morgan fingerprint density at radius 1 is 1.35 bits per heavy atom. The number of nitrogens with one attached hydrogen (secondary N) is 1. The van der Waals surface area contributed by atoms with Crippen molar-refractivity contribution < 1.29 is 9.90 Å². The summed E-state index contributed by atoms with van der Waals surface area (Å²) in [6.07, 6.45) is 0.390. The highest BCUT2D eigenvalue weighted by atomic mass is 35.5. The SMILES string of the molecule is O=C(Nc1ccccc1Cl)c1sccc1C#CCCO. The van der Waals surface area contributed by atoms with Gasteiger partial charge in [-0.15, -0.1) is 11.3 Å². The number of carbonyl (C=O) groups excluding carboxylic acids is 1. The van der Waals surface area contributed by atoms with Crippen LogP contribution in [0, 0.1) is 11.8 Å². The Morgan fingerprint density at radius 2 is 2.15 bits per heavy atom. The second kappa shape index (κ2) is 7.11. The van der Waals surface area contributed by atoms with E-state index in [-0.39, 0.29) is 12.5 Å². The van der Waals surface area contributed by atoms with E-state index in [1.54, 1.807) is 30.3 Å². The van der Waals surface area contributed by atoms with Gasteiger partial charge in [0.1, 0.15) is 4.88 Å². The van der Waals surface area contributed by atoms with Gasteiger partial charge in [-0.25, -0.2) is 0 Å². The fourth-order valence-corrected chi connectivity index (χ4v) is 2.47. The predicted octanol–water partition coefficient (Wildman–Crippen LogP) is 3.39. The molecule has 0 aliphatic carbocycles. The van der Waals surface area contributed by atoms with E-state index in [4.69, 9.17) is 16.7 Å². The molecule has 0 unspecified atom stereocenters. The van der Waals surface area contributed by atoms with Gasteiger partial charge < -0.3 is 10.4 Å². The average Bonchev–Trinajstić information content (AvgIpc) is 2.90. The maximum Gasteiger partial charge on any atom is 0.267 e. The summed E-state index contributed by atoms with van der Waals surface area (Å²) in [5.41, 5.74) is 1.23. The number of rotatable bonds is 3. The van der Waals surface area contributed by atoms with Crippen LogP contribution in [0.15, 0.2) is 35.7 Å². The van der Waals surface area contributed by atoms with Crippen molar-refractivity contribution in [1.82, 2.24) is 0 Å². The highest BCUT2D eigenvalue weighted by molar-refractivity contribution is 7.12. The maximum absolute atomic E-state index is 12.2. The molecule has 3 nitrogen and oxygen atoms in total. The summed E-state index contributed by atoms with van der Waals surface area (Å²) < 4.78 is 0. The molecule has 1 aromatic carbocycles. The van der Waals surface area contributed by atoms with Crippen molar-refractivity contribution in [2.24, 2.45) is 0 Å². The molecule has 0 bridgehead atoms. The van der Waals surface area contributed by atoms with Crippen LogP contribution >= 0.6 is 22.9 Å². The lowest BCUT2D eigenvalue weighted by molar-refractivity contribution is 0.103. The molecule has 2 aromatic rings. The molecule has 20 heavy (non-hydrogen) atoms. The summed E-state index contributed by atoms with van der Waals surface area (Å²) in [5, 5.41) is 13.8. The minimum atomic E-state index is -0.235. The molecular formula is C15H12ClNO2S. The minimum absolute atomic E-state index is 0.0122. The van der Waals surface area contributed by atoms with Gasteiger partial charge in [-0.3, -0.25) is 4.79 Å². The van der Waals surface area contributed by atoms with Crippen molar-refractivity contribution in [1.29, 1.82) is 0 Å². The number of hydrogen-bond donors (Lipinski definition) is 2. The molecule has 5 heteroatoms. The number of aliphatic hydroxyl groups is 1. The Bertz CT molecular complexity index is 670. The van der Waals surface area contributed by atoms with Crippen molar-refractivity contribution in [3.8, 4) is 11.8 Å². The van der Waals surface area contributed by atoms with Crippen LogP contribution < -0.4 is 5.32 Å². The number of para-hydroxylation sites is 1. The second-order valence-corrected chi connectivity index (χ2v) is 5.20. The number of amides is 1. The fraction of sp³-hybridized carbons (Fsp3) is 0.133. The van der Waals surface area contributed by atoms with E-state index in [0.717, 1.165) is 0 Å². The van der Waals surface area contributed by atoms with Gasteiger partial charge in [0.2, 0.25) is 0 Å². The van der Waals surface area contributed by atoms with Crippen LogP contribution in [-0.4, -0.2) is 17.6 Å². The van der Waals surface area contributed by atoms with Gasteiger partial charge in [-0.1, -0.05) is 35.6 Å². The van der Waals surface area contributed by atoms with Crippen molar-refractivity contribution in [2.45, 2.75) is 6.42 Å². The molecule has 0 saturated heterocycles. The highest BCUT2D eigenvalue weighted by Gasteiger charge is 2.13. The number of benzene rings is 1. The van der Waals surface area contributed by atoms with Gasteiger partial charge >= 0.3 is 0 Å². The lowest BCUT2D eigenvalue weighted by Crippen LogP contribution is -2.11. The monoisotopic (exact) mass is 305 g/mol. The van der Waals surface area contributed by atoms with Gasteiger partial charge in [-0.05, 0) is 23.6 Å². The minimum Gasteiger partial charge on any atom is -0.395 e. The number of aliphatic hydroxyl groups excluding tert-OH is 1. The molecule has 1 aromatic heterocycles. The molecular weight excluding hydrogens is 294 g/mol. The third kappa shape index (κ3) is 3.61. The Hall–Kier alpha value is -1.80. The van der Waals surface area contributed by atoms with E-state index in [1.807, 2.05) is 5.38 Å². The van der Waals surface area contributed by atoms with Crippen molar-refractivity contribution in [3.05, 3.63) is 51.2 Å². The number of halogens is 1. The molecule has 0 aliphatic rings. The van der Waals surface area contributed by atoms with Gasteiger partial charge in [0.05, 0.1) is 17.3 Å². The fourth-order valence-electron chi connectivity index (χ4n) is 1.54. The summed E-state index contributed by atoms with van der Waals surface area (Å²) >= 11 is 7.33. The standard InChI is InChI=1S/C15H12ClNO2S/c16-12-6-1-2-7-13(12)17-15(19)14-11(8-10-20-14)5-3-4-9-18/h1-2,6-8,10,18H,4,9H2,(H,17,19). The van der Waals surface area contributed by atoms with Crippen LogP contribution in [0.2, 0.25) is 5.02 Å². The lowest BCUT2D eigenvalue weighted by Gasteiger charge is -2.05. The molecule has 0 fully saturated rings. The number of thiophene rings is 1. The van der Waals surface area contributed by atoms with Crippen LogP contribution in [0.5, 0.6) is 0 Å². The summed E-state index contributed by atoms with van der Waals surface area (Å²) in [7, 11) is 0. The summed E-state index contributed by atoms with van der Waals surface area (Å²) in [4.78, 5) is 12.7. The van der Waals surface area contributed by atoms with Gasteiger partial charge in [0, 0.05) is 12.0 Å². The first-order valence-electron chi connectivity index (χ1n) is 5.95. The second-order valence-electron chi connectivity index (χ2n) is 3.87. The van der Waals surface area contributed by atoms with E-state index in [9.17, 15) is 4.79 Å². The lowest BCUT2D eigenvalue weighted by atomic mass is 10.2. The first-order valence-corrected chi connectivity index (χ1v) is 7.21. The largest absolute Gasteiger partial charge is 0.395 e. The van der Waals surface area contributed by atoms with Crippen molar-refractivity contribution in [2.75, 3.05) is 11.9 Å².